The van der Waals surface area contributed by atoms with Crippen LogP contribution in [0.3, 0.4) is 0 Å². The molecule has 2 aromatic carbocycles. The molecule has 0 radical (unpaired) electrons. The van der Waals surface area contributed by atoms with Crippen LogP contribution in [0.1, 0.15) is 23.6 Å². The molecule has 0 spiro atoms. The molecule has 0 unspecified atom stereocenters. The highest BCUT2D eigenvalue weighted by molar-refractivity contribution is 5.82. The fraction of sp³-hybridized carbons (Fsp3) is 0.318. The van der Waals surface area contributed by atoms with Crippen LogP contribution in [0.5, 0.6) is 17.2 Å². The summed E-state index contributed by atoms with van der Waals surface area (Å²) < 4.78 is 16.4. The molecule has 1 aliphatic heterocycles. The van der Waals surface area contributed by atoms with Gasteiger partial charge in [-0.05, 0) is 54.3 Å². The number of ether oxygens (including phenoxy) is 2. The Morgan fingerprint density at radius 2 is 1.86 bits per heavy atom. The Morgan fingerprint density at radius 3 is 2.68 bits per heavy atom. The second-order valence-corrected chi connectivity index (χ2v) is 6.83. The van der Waals surface area contributed by atoms with Crippen LogP contribution in [-0.4, -0.2) is 24.9 Å². The first-order chi connectivity index (χ1) is 13.6. The first-order valence-electron chi connectivity index (χ1n) is 9.52. The number of nitrogens with one attached hydrogen (secondary N) is 1. The second kappa shape index (κ2) is 7.94. The van der Waals surface area contributed by atoms with Crippen LogP contribution in [-0.2, 0) is 19.4 Å². The van der Waals surface area contributed by atoms with Crippen molar-refractivity contribution in [2.45, 2.75) is 26.3 Å². The van der Waals surface area contributed by atoms with Crippen molar-refractivity contribution in [3.05, 3.63) is 63.5 Å². The molecule has 0 bridgehead atoms. The molecule has 6 heteroatoms. The van der Waals surface area contributed by atoms with Crippen LogP contribution >= 0.6 is 0 Å². The Hall–Kier alpha value is -2.99. The lowest BCUT2D eigenvalue weighted by atomic mass is 10.0. The van der Waals surface area contributed by atoms with Crippen molar-refractivity contribution in [3.8, 4) is 17.2 Å². The summed E-state index contributed by atoms with van der Waals surface area (Å²) in [4.78, 5) is 11.9. The molecule has 1 aromatic heterocycles. The van der Waals surface area contributed by atoms with Gasteiger partial charge in [0.15, 0.2) is 11.5 Å². The molecular formula is C22H23NO5. The molecule has 0 saturated heterocycles. The van der Waals surface area contributed by atoms with Gasteiger partial charge in [0.25, 0.3) is 0 Å². The van der Waals surface area contributed by atoms with Gasteiger partial charge in [0.2, 0.25) is 0 Å². The van der Waals surface area contributed by atoms with Crippen LogP contribution in [0.2, 0.25) is 0 Å². The van der Waals surface area contributed by atoms with E-state index in [0.717, 1.165) is 46.5 Å². The van der Waals surface area contributed by atoms with E-state index in [1.165, 1.54) is 12.1 Å². The predicted molar refractivity (Wildman–Crippen MR) is 106 cm³/mol. The molecule has 2 heterocycles. The minimum Gasteiger partial charge on any atom is -0.508 e. The number of aryl methyl sites for hydroxylation is 1. The minimum atomic E-state index is -0.417. The number of phenols is 1. The van der Waals surface area contributed by atoms with Gasteiger partial charge in [-0.2, -0.15) is 0 Å². The molecule has 1 aliphatic rings. The topological polar surface area (TPSA) is 80.9 Å². The molecule has 0 aliphatic carbocycles. The Bertz CT molecular complexity index is 1060. The van der Waals surface area contributed by atoms with Crippen molar-refractivity contribution in [2.75, 3.05) is 19.8 Å². The van der Waals surface area contributed by atoms with E-state index in [-0.39, 0.29) is 5.75 Å². The van der Waals surface area contributed by atoms with Crippen molar-refractivity contribution < 1.29 is 19.0 Å². The molecule has 0 fully saturated rings. The Labute approximate surface area is 162 Å². The van der Waals surface area contributed by atoms with E-state index >= 15 is 0 Å². The summed E-state index contributed by atoms with van der Waals surface area (Å²) in [6.07, 6.45) is 1.54. The summed E-state index contributed by atoms with van der Waals surface area (Å²) in [5.41, 5.74) is 2.85. The fourth-order valence-electron chi connectivity index (χ4n) is 3.44. The van der Waals surface area contributed by atoms with E-state index in [4.69, 9.17) is 13.9 Å². The van der Waals surface area contributed by atoms with E-state index < -0.39 is 5.63 Å². The number of benzene rings is 2. The lowest BCUT2D eigenvalue weighted by Gasteiger charge is -2.19. The number of aromatic hydroxyl groups is 1. The zero-order valence-corrected chi connectivity index (χ0v) is 15.8. The van der Waals surface area contributed by atoms with Gasteiger partial charge in [-0.25, -0.2) is 4.79 Å². The smallest absolute Gasteiger partial charge is 0.336 e. The first kappa shape index (κ1) is 18.4. The monoisotopic (exact) mass is 381 g/mol. The van der Waals surface area contributed by atoms with Crippen molar-refractivity contribution in [2.24, 2.45) is 0 Å². The molecule has 0 amide bonds. The lowest BCUT2D eigenvalue weighted by Crippen LogP contribution is -2.18. The molecule has 2 N–H and O–H groups in total. The SMILES string of the molecule is CCc1cc2c(CNCCc3ccc4c(c3)OCCO4)cc(=O)oc2cc1O. The van der Waals surface area contributed by atoms with Crippen molar-refractivity contribution >= 4 is 11.0 Å². The summed E-state index contributed by atoms with van der Waals surface area (Å²) in [7, 11) is 0. The summed E-state index contributed by atoms with van der Waals surface area (Å²) in [5, 5.41) is 14.3. The zero-order chi connectivity index (χ0) is 19.5. The van der Waals surface area contributed by atoms with Gasteiger partial charge in [0.05, 0.1) is 0 Å². The van der Waals surface area contributed by atoms with Gasteiger partial charge in [-0.1, -0.05) is 13.0 Å². The number of phenolic OH excluding ortho intramolecular Hbond substituents is 1. The van der Waals surface area contributed by atoms with E-state index in [2.05, 4.69) is 5.32 Å². The quantitative estimate of drug-likeness (QED) is 0.504. The molecular weight excluding hydrogens is 358 g/mol. The Kier molecular flexibility index (Phi) is 5.21. The van der Waals surface area contributed by atoms with Gasteiger partial charge >= 0.3 is 5.63 Å². The molecule has 0 atom stereocenters. The number of hydrogen-bond donors (Lipinski definition) is 2. The average molecular weight is 381 g/mol. The van der Waals surface area contributed by atoms with Gasteiger partial charge in [0.1, 0.15) is 24.5 Å². The summed E-state index contributed by atoms with van der Waals surface area (Å²) >= 11 is 0. The highest BCUT2D eigenvalue weighted by Crippen LogP contribution is 2.31. The first-order valence-corrected chi connectivity index (χ1v) is 9.52. The van der Waals surface area contributed by atoms with Crippen LogP contribution in [0.15, 0.2) is 45.6 Å². The average Bonchev–Trinajstić information content (AvgIpc) is 2.70. The third-order valence-corrected chi connectivity index (χ3v) is 4.92. The van der Waals surface area contributed by atoms with Crippen LogP contribution in [0, 0.1) is 0 Å². The normalized spacial score (nSPS) is 13.0. The zero-order valence-electron chi connectivity index (χ0n) is 15.8. The molecule has 0 saturated carbocycles. The summed E-state index contributed by atoms with van der Waals surface area (Å²) in [6.45, 7) is 4.43. The van der Waals surface area contributed by atoms with Gasteiger partial charge < -0.3 is 24.3 Å². The summed E-state index contributed by atoms with van der Waals surface area (Å²) in [5.74, 6) is 1.74. The predicted octanol–water partition coefficient (Wildman–Crippen LogP) is 3.16. The number of hydrogen-bond acceptors (Lipinski definition) is 6. The molecule has 28 heavy (non-hydrogen) atoms. The maximum atomic E-state index is 11.9. The van der Waals surface area contributed by atoms with Crippen molar-refractivity contribution in [1.82, 2.24) is 5.32 Å². The van der Waals surface area contributed by atoms with Crippen LogP contribution < -0.4 is 20.4 Å². The number of fused-ring (bicyclic) bond motifs is 2. The van der Waals surface area contributed by atoms with E-state index in [1.807, 2.05) is 31.2 Å². The molecule has 4 rings (SSSR count). The van der Waals surface area contributed by atoms with Gasteiger partial charge in [0, 0.05) is 24.1 Å². The third kappa shape index (κ3) is 3.82. The highest BCUT2D eigenvalue weighted by atomic mass is 16.6. The van der Waals surface area contributed by atoms with E-state index in [0.29, 0.717) is 31.8 Å². The Morgan fingerprint density at radius 1 is 1.04 bits per heavy atom. The molecule has 6 nitrogen and oxygen atoms in total. The van der Waals surface area contributed by atoms with Crippen LogP contribution in [0.4, 0.5) is 0 Å². The van der Waals surface area contributed by atoms with E-state index in [1.54, 1.807) is 0 Å². The lowest BCUT2D eigenvalue weighted by molar-refractivity contribution is 0.171. The standard InChI is InChI=1S/C22H23NO5/c1-2-15-10-17-16(11-22(25)28-20(17)12-18(15)24)13-23-6-5-14-3-4-19-21(9-14)27-8-7-26-19/h3-4,9-12,23-24H,2,5-8,13H2,1H3. The minimum absolute atomic E-state index is 0.155. The maximum absolute atomic E-state index is 11.9. The molecule has 3 aromatic rings. The highest BCUT2D eigenvalue weighted by Gasteiger charge is 2.12. The summed E-state index contributed by atoms with van der Waals surface area (Å²) in [6, 6.07) is 10.9. The van der Waals surface area contributed by atoms with Gasteiger partial charge in [-0.3, -0.25) is 0 Å². The Balaban J connectivity index is 1.45. The van der Waals surface area contributed by atoms with E-state index in [9.17, 15) is 9.90 Å². The maximum Gasteiger partial charge on any atom is 0.336 e. The number of rotatable bonds is 6. The fourth-order valence-corrected chi connectivity index (χ4v) is 3.44. The van der Waals surface area contributed by atoms with Crippen molar-refractivity contribution in [3.63, 3.8) is 0 Å². The molecule has 146 valence electrons. The third-order valence-electron chi connectivity index (χ3n) is 4.92. The van der Waals surface area contributed by atoms with Gasteiger partial charge in [-0.15, -0.1) is 0 Å². The largest absolute Gasteiger partial charge is 0.508 e. The van der Waals surface area contributed by atoms with Crippen molar-refractivity contribution in [1.29, 1.82) is 0 Å². The second-order valence-electron chi connectivity index (χ2n) is 6.83. The van der Waals surface area contributed by atoms with Crippen LogP contribution in [0.25, 0.3) is 11.0 Å².